The van der Waals surface area contributed by atoms with Gasteiger partial charge in [-0.1, -0.05) is 17.7 Å². The number of aliphatic hydroxyl groups excluding tert-OH is 10. The molecule has 3 heterocycles. The van der Waals surface area contributed by atoms with Crippen molar-refractivity contribution in [2.45, 2.75) is 106 Å². The van der Waals surface area contributed by atoms with E-state index in [0.29, 0.717) is 11.3 Å². The normalized spacial score (nSPS) is 41.7. The summed E-state index contributed by atoms with van der Waals surface area (Å²) in [7, 11) is 0. The van der Waals surface area contributed by atoms with E-state index in [1.54, 1.807) is 6.07 Å². The summed E-state index contributed by atoms with van der Waals surface area (Å²) in [5.74, 6) is -0.354. The molecule has 0 spiro atoms. The van der Waals surface area contributed by atoms with Gasteiger partial charge in [0, 0.05) is 6.92 Å². The van der Waals surface area contributed by atoms with Gasteiger partial charge in [0.05, 0.1) is 37.1 Å². The molecule has 46 heavy (non-hydrogen) atoms. The van der Waals surface area contributed by atoms with E-state index in [4.69, 9.17) is 40.0 Å². The first-order valence-electron chi connectivity index (χ1n) is 14.3. The fourth-order valence-electron chi connectivity index (χ4n) is 5.31. The van der Waals surface area contributed by atoms with Crippen LogP contribution >= 0.6 is 11.6 Å². The molecule has 0 aromatic heterocycles. The third kappa shape index (κ3) is 8.13. The molecule has 0 bridgehead atoms. The van der Waals surface area contributed by atoms with Gasteiger partial charge in [0.2, 0.25) is 5.91 Å². The van der Waals surface area contributed by atoms with Crippen LogP contribution in [-0.4, -0.2) is 169 Å². The lowest BCUT2D eigenvalue weighted by Crippen LogP contribution is -2.66. The Morgan fingerprint density at radius 1 is 0.717 bits per heavy atom. The van der Waals surface area contributed by atoms with Gasteiger partial charge >= 0.3 is 0 Å². The highest BCUT2D eigenvalue weighted by Crippen LogP contribution is 2.33. The number of halogens is 1. The van der Waals surface area contributed by atoms with Crippen LogP contribution in [0.25, 0.3) is 0 Å². The van der Waals surface area contributed by atoms with Crippen molar-refractivity contribution in [1.29, 1.82) is 0 Å². The molecule has 0 unspecified atom stereocenters. The Hall–Kier alpha value is -1.66. The molecule has 19 heteroatoms. The van der Waals surface area contributed by atoms with Crippen LogP contribution in [0.15, 0.2) is 18.2 Å². The highest BCUT2D eigenvalue weighted by Gasteiger charge is 2.53. The van der Waals surface area contributed by atoms with Crippen LogP contribution in [-0.2, 0) is 39.8 Å². The maximum atomic E-state index is 11.4. The standard InChI is InChI=1S/C27H40ClNO17/c1-9(33)29-12-4-10(2-3-11(12)28)8-41-25-21(39)18(36)23(14(6-31)43-25)46-27-22(40)19(37)24(15(7-32)44-27)45-26-20(38)17(35)16(34)13(5-30)42-26/h2-4,13-27,30-32,34-40H,5-8H2,1H3,(H,29,33)/t13-,14-,15-,16-,17+,18-,19-,20-,21-,22-,23-,24-,25-,26-,27-/m1/s1. The van der Waals surface area contributed by atoms with Crippen LogP contribution in [0.3, 0.4) is 0 Å². The Morgan fingerprint density at radius 2 is 1.20 bits per heavy atom. The number of rotatable bonds is 11. The van der Waals surface area contributed by atoms with E-state index in [1.165, 1.54) is 19.1 Å². The van der Waals surface area contributed by atoms with Gasteiger partial charge in [-0.05, 0) is 17.7 Å². The molecular weight excluding hydrogens is 646 g/mol. The Balaban J connectivity index is 1.40. The summed E-state index contributed by atoms with van der Waals surface area (Å²) in [6.45, 7) is -1.23. The maximum Gasteiger partial charge on any atom is 0.221 e. The van der Waals surface area contributed by atoms with Crippen molar-refractivity contribution in [1.82, 2.24) is 0 Å². The Labute approximate surface area is 267 Å². The lowest BCUT2D eigenvalue weighted by atomic mass is 9.96. The molecule has 3 fully saturated rings. The van der Waals surface area contributed by atoms with Crippen LogP contribution in [0.5, 0.6) is 0 Å². The van der Waals surface area contributed by atoms with Gasteiger partial charge < -0.3 is 84.8 Å². The molecule has 0 radical (unpaired) electrons. The Kier molecular flexibility index (Phi) is 13.1. The predicted molar refractivity (Wildman–Crippen MR) is 150 cm³/mol. The molecule has 4 rings (SSSR count). The average molecular weight is 686 g/mol. The second kappa shape index (κ2) is 16.2. The van der Waals surface area contributed by atoms with E-state index in [2.05, 4.69) is 5.32 Å². The van der Waals surface area contributed by atoms with Crippen molar-refractivity contribution < 1.29 is 84.3 Å². The van der Waals surface area contributed by atoms with Gasteiger partial charge in [0.15, 0.2) is 18.9 Å². The summed E-state index contributed by atoms with van der Waals surface area (Å²) in [6.07, 6.45) is -25.1. The zero-order chi connectivity index (χ0) is 33.9. The smallest absolute Gasteiger partial charge is 0.221 e. The van der Waals surface area contributed by atoms with Crippen LogP contribution in [0, 0.1) is 0 Å². The van der Waals surface area contributed by atoms with Gasteiger partial charge in [-0.15, -0.1) is 0 Å². The number of hydrogen-bond donors (Lipinski definition) is 11. The van der Waals surface area contributed by atoms with E-state index in [9.17, 15) is 55.9 Å². The summed E-state index contributed by atoms with van der Waals surface area (Å²) >= 11 is 6.08. The number of benzene rings is 1. The minimum Gasteiger partial charge on any atom is -0.394 e. The highest BCUT2D eigenvalue weighted by atomic mass is 35.5. The van der Waals surface area contributed by atoms with Crippen molar-refractivity contribution in [3.05, 3.63) is 28.8 Å². The number of aliphatic hydroxyl groups is 10. The summed E-state index contributed by atoms with van der Waals surface area (Å²) < 4.78 is 33.2. The van der Waals surface area contributed by atoms with Gasteiger partial charge in [-0.2, -0.15) is 0 Å². The fraction of sp³-hybridized carbons (Fsp3) is 0.741. The highest BCUT2D eigenvalue weighted by molar-refractivity contribution is 6.33. The van der Waals surface area contributed by atoms with Gasteiger partial charge in [0.1, 0.15) is 73.2 Å². The van der Waals surface area contributed by atoms with Crippen molar-refractivity contribution >= 4 is 23.2 Å². The molecule has 0 saturated carbocycles. The topological polar surface area (TPSA) is 287 Å². The minimum absolute atomic E-state index is 0.174. The van der Waals surface area contributed by atoms with E-state index >= 15 is 0 Å². The van der Waals surface area contributed by atoms with Crippen LogP contribution in [0.4, 0.5) is 5.69 Å². The van der Waals surface area contributed by atoms with Crippen molar-refractivity contribution in [3.8, 4) is 0 Å². The second-order valence-corrected chi connectivity index (χ2v) is 11.5. The summed E-state index contributed by atoms with van der Waals surface area (Å²) in [5.41, 5.74) is 0.831. The number of amides is 1. The third-order valence-corrected chi connectivity index (χ3v) is 8.16. The van der Waals surface area contributed by atoms with Gasteiger partial charge in [-0.25, -0.2) is 0 Å². The van der Waals surface area contributed by atoms with Crippen LogP contribution in [0.2, 0.25) is 5.02 Å². The molecule has 262 valence electrons. The molecule has 15 atom stereocenters. The first-order chi connectivity index (χ1) is 21.8. The largest absolute Gasteiger partial charge is 0.394 e. The molecule has 18 nitrogen and oxygen atoms in total. The molecule has 11 N–H and O–H groups in total. The SMILES string of the molecule is CC(=O)Nc1cc(CO[C@@H]2O[C@H](CO)[C@@H](O[C@H]3O[C@H](CO)[C@@H](O[C@H]4O[C@H](CO)[C@@H](O)[C@H](O)[C@H]4O)[C@H](O)[C@H]3O)[C@H](O)[C@H]2O)ccc1Cl. The molecule has 3 saturated heterocycles. The van der Waals surface area contributed by atoms with Crippen molar-refractivity contribution in [2.75, 3.05) is 25.1 Å². The summed E-state index contributed by atoms with van der Waals surface area (Å²) in [5, 5.41) is 106. The Bertz CT molecular complexity index is 1150. The molecule has 3 aliphatic heterocycles. The average Bonchev–Trinajstić information content (AvgIpc) is 3.03. The lowest BCUT2D eigenvalue weighted by Gasteiger charge is -2.48. The first-order valence-corrected chi connectivity index (χ1v) is 14.7. The van der Waals surface area contributed by atoms with Gasteiger partial charge in [-0.3, -0.25) is 4.79 Å². The van der Waals surface area contributed by atoms with E-state index in [1.807, 2.05) is 0 Å². The maximum absolute atomic E-state index is 11.4. The first kappa shape index (κ1) is 37.2. The fourth-order valence-corrected chi connectivity index (χ4v) is 5.47. The zero-order valence-corrected chi connectivity index (χ0v) is 25.2. The van der Waals surface area contributed by atoms with Crippen LogP contribution < -0.4 is 5.32 Å². The number of carbonyl (C=O) groups is 1. The third-order valence-electron chi connectivity index (χ3n) is 7.83. The van der Waals surface area contributed by atoms with Crippen molar-refractivity contribution in [2.24, 2.45) is 0 Å². The van der Waals surface area contributed by atoms with E-state index < -0.39 is 112 Å². The second-order valence-electron chi connectivity index (χ2n) is 11.1. The van der Waals surface area contributed by atoms with E-state index in [0.717, 1.165) is 0 Å². The quantitative estimate of drug-likeness (QED) is 0.104. The number of carbonyl (C=O) groups excluding carboxylic acids is 1. The summed E-state index contributed by atoms with van der Waals surface area (Å²) in [6, 6.07) is 4.64. The lowest BCUT2D eigenvalue weighted by molar-refractivity contribution is -0.379. The minimum atomic E-state index is -1.95. The zero-order valence-electron chi connectivity index (χ0n) is 24.4. The molecule has 0 aliphatic carbocycles. The van der Waals surface area contributed by atoms with Crippen LogP contribution in [0.1, 0.15) is 12.5 Å². The number of ether oxygens (including phenoxy) is 6. The monoisotopic (exact) mass is 685 g/mol. The number of anilines is 1. The molecule has 1 amide bonds. The van der Waals surface area contributed by atoms with Gasteiger partial charge in [0.25, 0.3) is 0 Å². The predicted octanol–water partition coefficient (Wildman–Crippen LogP) is -4.74. The molecule has 1 aromatic carbocycles. The molecule has 1 aromatic rings. The van der Waals surface area contributed by atoms with Crippen molar-refractivity contribution in [3.63, 3.8) is 0 Å². The number of hydrogen-bond acceptors (Lipinski definition) is 17. The van der Waals surface area contributed by atoms with E-state index in [-0.39, 0.29) is 17.5 Å². The summed E-state index contributed by atoms with van der Waals surface area (Å²) in [4.78, 5) is 11.4. The molecular formula is C27H40ClNO17. The molecule has 3 aliphatic rings. The Morgan fingerprint density at radius 3 is 1.72 bits per heavy atom. The number of nitrogens with one attached hydrogen (secondary N) is 1.